The van der Waals surface area contributed by atoms with Gasteiger partial charge in [0.05, 0.1) is 18.8 Å². The Kier molecular flexibility index (Phi) is 23.5. The Balaban J connectivity index is 3.66. The van der Waals surface area contributed by atoms with E-state index in [4.69, 9.17) is 0 Å². The molecular weight excluding hydrogens is 430 g/mol. The van der Waals surface area contributed by atoms with Gasteiger partial charge in [-0.2, -0.15) is 0 Å². The molecule has 5 N–H and O–H groups in total. The second-order valence-electron chi connectivity index (χ2n) is 10.1. The number of hydrogen-bond donors (Lipinski definition) is 5. The Labute approximate surface area is 209 Å². The first-order chi connectivity index (χ1) is 16.5. The summed E-state index contributed by atoms with van der Waals surface area (Å²) in [5.41, 5.74) is 0. The highest BCUT2D eigenvalue weighted by Gasteiger charge is 2.28. The summed E-state index contributed by atoms with van der Waals surface area (Å²) in [5, 5.41) is 42.2. The van der Waals surface area contributed by atoms with E-state index < -0.39 is 36.9 Å². The molecule has 0 aromatic heterocycles. The zero-order valence-electron chi connectivity index (χ0n) is 22.4. The van der Waals surface area contributed by atoms with Gasteiger partial charge in [-0.25, -0.2) is 0 Å². The van der Waals surface area contributed by atoms with Crippen molar-refractivity contribution in [2.45, 2.75) is 167 Å². The summed E-state index contributed by atoms with van der Waals surface area (Å²) in [6.07, 6.45) is 19.4. The molecule has 0 aliphatic heterocycles. The van der Waals surface area contributed by atoms with Crippen molar-refractivity contribution in [2.75, 3.05) is 6.61 Å². The molecule has 0 rings (SSSR count). The van der Waals surface area contributed by atoms with Crippen LogP contribution in [-0.2, 0) is 4.79 Å². The van der Waals surface area contributed by atoms with E-state index in [9.17, 15) is 25.2 Å². The molecule has 204 valence electrons. The number of amides is 1. The third-order valence-corrected chi connectivity index (χ3v) is 6.82. The zero-order valence-corrected chi connectivity index (χ0v) is 22.4. The van der Waals surface area contributed by atoms with E-state index in [1.165, 1.54) is 83.5 Å². The maximum absolute atomic E-state index is 12.2. The second kappa shape index (κ2) is 24.0. The van der Waals surface area contributed by atoms with Gasteiger partial charge in [0.15, 0.2) is 0 Å². The largest absolute Gasteiger partial charge is 0.394 e. The minimum absolute atomic E-state index is 0.372. The Bertz CT molecular complexity index is 449. The molecule has 0 saturated carbocycles. The molecule has 0 aliphatic carbocycles. The van der Waals surface area contributed by atoms with Crippen LogP contribution in [0.15, 0.2) is 0 Å². The average Bonchev–Trinajstić information content (AvgIpc) is 2.84. The molecule has 0 fully saturated rings. The molecule has 4 unspecified atom stereocenters. The number of aliphatic hydroxyl groups excluding tert-OH is 4. The molecule has 0 saturated heterocycles. The molecule has 0 spiro atoms. The monoisotopic (exact) mass is 487 g/mol. The maximum Gasteiger partial charge on any atom is 0.249 e. The Morgan fingerprint density at radius 2 is 1.03 bits per heavy atom. The number of unbranched alkanes of at least 4 members (excludes halogenated alkanes) is 16. The van der Waals surface area contributed by atoms with Crippen molar-refractivity contribution < 1.29 is 25.2 Å². The van der Waals surface area contributed by atoms with Crippen molar-refractivity contribution in [1.82, 2.24) is 5.32 Å². The Morgan fingerprint density at radius 3 is 1.44 bits per heavy atom. The highest BCUT2D eigenvalue weighted by Crippen LogP contribution is 2.15. The smallest absolute Gasteiger partial charge is 0.249 e. The van der Waals surface area contributed by atoms with Gasteiger partial charge in [-0.15, -0.1) is 0 Å². The molecule has 4 atom stereocenters. The first kappa shape index (κ1) is 33.3. The molecule has 0 bridgehead atoms. The van der Waals surface area contributed by atoms with Gasteiger partial charge < -0.3 is 25.7 Å². The van der Waals surface area contributed by atoms with Gasteiger partial charge >= 0.3 is 0 Å². The van der Waals surface area contributed by atoms with Crippen LogP contribution >= 0.6 is 0 Å². The van der Waals surface area contributed by atoms with Crippen LogP contribution in [0.1, 0.15) is 142 Å². The van der Waals surface area contributed by atoms with Crippen LogP contribution < -0.4 is 5.32 Å². The Morgan fingerprint density at radius 1 is 0.618 bits per heavy atom. The molecule has 0 radical (unpaired) electrons. The quantitative estimate of drug-likeness (QED) is 0.111. The summed E-state index contributed by atoms with van der Waals surface area (Å²) >= 11 is 0. The number of carbonyl (C=O) groups excluding carboxylic acids is 1. The lowest BCUT2D eigenvalue weighted by molar-refractivity contribution is -0.132. The van der Waals surface area contributed by atoms with Gasteiger partial charge in [0.1, 0.15) is 12.2 Å². The van der Waals surface area contributed by atoms with E-state index in [0.29, 0.717) is 12.8 Å². The summed E-state index contributed by atoms with van der Waals surface area (Å²) < 4.78 is 0. The molecular formula is C28H57NO5. The van der Waals surface area contributed by atoms with Gasteiger partial charge in [0.25, 0.3) is 0 Å². The van der Waals surface area contributed by atoms with Crippen molar-refractivity contribution in [3.63, 3.8) is 0 Å². The first-order valence-electron chi connectivity index (χ1n) is 14.4. The summed E-state index contributed by atoms with van der Waals surface area (Å²) in [7, 11) is 0. The minimum Gasteiger partial charge on any atom is -0.394 e. The topological polar surface area (TPSA) is 110 Å². The van der Waals surface area contributed by atoms with Crippen LogP contribution in [0, 0.1) is 0 Å². The van der Waals surface area contributed by atoms with Crippen LogP contribution in [0.3, 0.4) is 0 Å². The van der Waals surface area contributed by atoms with Crippen LogP contribution in [0.2, 0.25) is 0 Å². The van der Waals surface area contributed by atoms with Crippen molar-refractivity contribution in [1.29, 1.82) is 0 Å². The SMILES string of the molecule is CCCCCCCCCCCCCCCCCCC(O)C(=O)NC(CO)C(O)C(O)CCCC. The van der Waals surface area contributed by atoms with E-state index >= 15 is 0 Å². The van der Waals surface area contributed by atoms with Crippen molar-refractivity contribution in [2.24, 2.45) is 0 Å². The maximum atomic E-state index is 12.2. The van der Waals surface area contributed by atoms with Gasteiger partial charge in [-0.05, 0) is 12.8 Å². The van der Waals surface area contributed by atoms with Crippen molar-refractivity contribution >= 4 is 5.91 Å². The molecule has 0 aromatic carbocycles. The molecule has 1 amide bonds. The first-order valence-corrected chi connectivity index (χ1v) is 14.4. The fourth-order valence-corrected chi connectivity index (χ4v) is 4.39. The van der Waals surface area contributed by atoms with Crippen LogP contribution in [-0.4, -0.2) is 57.3 Å². The third kappa shape index (κ3) is 18.6. The number of aliphatic hydroxyl groups is 4. The normalized spacial score (nSPS) is 15.1. The number of rotatable bonds is 25. The van der Waals surface area contributed by atoms with Crippen LogP contribution in [0.4, 0.5) is 0 Å². The van der Waals surface area contributed by atoms with Crippen molar-refractivity contribution in [3.05, 3.63) is 0 Å². The lowest BCUT2D eigenvalue weighted by Gasteiger charge is -2.27. The molecule has 0 aromatic rings. The van der Waals surface area contributed by atoms with E-state index in [1.54, 1.807) is 0 Å². The predicted molar refractivity (Wildman–Crippen MR) is 141 cm³/mol. The third-order valence-electron chi connectivity index (χ3n) is 6.82. The molecule has 0 heterocycles. The minimum atomic E-state index is -1.25. The fraction of sp³-hybridized carbons (Fsp3) is 0.964. The molecule has 6 heteroatoms. The van der Waals surface area contributed by atoms with E-state index in [0.717, 1.165) is 32.1 Å². The van der Waals surface area contributed by atoms with Gasteiger partial charge in [-0.3, -0.25) is 4.79 Å². The fourth-order valence-electron chi connectivity index (χ4n) is 4.39. The summed E-state index contributed by atoms with van der Waals surface area (Å²) in [4.78, 5) is 12.2. The Hall–Kier alpha value is -0.690. The highest BCUT2D eigenvalue weighted by atomic mass is 16.3. The van der Waals surface area contributed by atoms with Crippen molar-refractivity contribution in [3.8, 4) is 0 Å². The summed E-state index contributed by atoms with van der Waals surface area (Å²) in [6, 6.07) is -0.972. The summed E-state index contributed by atoms with van der Waals surface area (Å²) in [6.45, 7) is 3.76. The van der Waals surface area contributed by atoms with E-state index in [2.05, 4.69) is 12.2 Å². The van der Waals surface area contributed by atoms with E-state index in [1.807, 2.05) is 6.92 Å². The average molecular weight is 488 g/mol. The van der Waals surface area contributed by atoms with Crippen LogP contribution in [0.25, 0.3) is 0 Å². The lowest BCUT2D eigenvalue weighted by Crippen LogP contribution is -2.53. The lowest BCUT2D eigenvalue weighted by atomic mass is 10.0. The van der Waals surface area contributed by atoms with Gasteiger partial charge in [0, 0.05) is 0 Å². The summed E-state index contributed by atoms with van der Waals surface area (Å²) in [5.74, 6) is -0.596. The molecule has 6 nitrogen and oxygen atoms in total. The second-order valence-corrected chi connectivity index (χ2v) is 10.1. The zero-order chi connectivity index (χ0) is 25.4. The van der Waals surface area contributed by atoms with Gasteiger partial charge in [0.2, 0.25) is 5.91 Å². The highest BCUT2D eigenvalue weighted by molar-refractivity contribution is 5.80. The predicted octanol–water partition coefficient (Wildman–Crippen LogP) is 5.39. The van der Waals surface area contributed by atoms with Crippen LogP contribution in [0.5, 0.6) is 0 Å². The standard InChI is InChI=1S/C28H57NO5/c1-3-5-7-8-9-10-11-12-13-14-15-16-17-18-19-20-22-26(32)28(34)29-24(23-30)27(33)25(31)21-6-4-2/h24-27,30-33H,3-23H2,1-2H3,(H,29,34). The number of nitrogens with one attached hydrogen (secondary N) is 1. The number of hydrogen-bond acceptors (Lipinski definition) is 5. The number of carbonyl (C=O) groups is 1. The molecule has 0 aliphatic rings. The molecule has 34 heavy (non-hydrogen) atoms. The van der Waals surface area contributed by atoms with Gasteiger partial charge in [-0.1, -0.05) is 129 Å². The van der Waals surface area contributed by atoms with E-state index in [-0.39, 0.29) is 0 Å².